The fourth-order valence-corrected chi connectivity index (χ4v) is 4.41. The molecule has 7 nitrogen and oxygen atoms in total. The van der Waals surface area contributed by atoms with Crippen LogP contribution in [0.5, 0.6) is 0 Å². The number of ether oxygens (including phenoxy) is 1. The fourth-order valence-electron chi connectivity index (χ4n) is 3.53. The molecule has 2 fully saturated rings. The molecule has 0 atom stereocenters. The number of piperidine rings is 2. The van der Waals surface area contributed by atoms with Crippen molar-refractivity contribution in [1.82, 2.24) is 14.5 Å². The van der Waals surface area contributed by atoms with Crippen LogP contribution in [0.4, 0.5) is 0 Å². The molecule has 0 aromatic heterocycles. The van der Waals surface area contributed by atoms with E-state index in [1.807, 2.05) is 6.92 Å². The van der Waals surface area contributed by atoms with Gasteiger partial charge in [-0.25, -0.2) is 12.7 Å². The molecule has 2 aliphatic rings. The number of aliphatic imine (C=N–C) groups is 1. The number of guanidine groups is 1. The molecule has 2 rings (SSSR count). The van der Waals surface area contributed by atoms with Crippen molar-refractivity contribution in [2.24, 2.45) is 10.9 Å². The minimum Gasteiger partial charge on any atom is -0.378 e. The summed E-state index contributed by atoms with van der Waals surface area (Å²) in [4.78, 5) is 7.17. The molecule has 25 heavy (non-hydrogen) atoms. The maximum absolute atomic E-state index is 11.6. The van der Waals surface area contributed by atoms with Crippen molar-refractivity contribution in [1.29, 1.82) is 0 Å². The van der Waals surface area contributed by atoms with Gasteiger partial charge in [0, 0.05) is 45.9 Å². The first-order valence-corrected chi connectivity index (χ1v) is 11.4. The minimum atomic E-state index is -3.05. The zero-order chi connectivity index (χ0) is 18.3. The van der Waals surface area contributed by atoms with Crippen molar-refractivity contribution < 1.29 is 13.2 Å². The largest absolute Gasteiger partial charge is 0.378 e. The predicted molar refractivity (Wildman–Crippen MR) is 101 cm³/mol. The second-order valence-corrected chi connectivity index (χ2v) is 8.92. The standard InChI is InChI=1S/C17H34N4O3S/c1-4-18-17(20-10-8-16(9-11-20)24-5-2)19-14-15-6-12-21(13-7-15)25(3,22)23/h15-16H,4-14H2,1-3H3,(H,18,19). The van der Waals surface area contributed by atoms with E-state index in [2.05, 4.69) is 17.1 Å². The van der Waals surface area contributed by atoms with Crippen LogP contribution in [-0.2, 0) is 14.8 Å². The van der Waals surface area contributed by atoms with E-state index in [1.54, 1.807) is 4.31 Å². The summed E-state index contributed by atoms with van der Waals surface area (Å²) in [7, 11) is -3.05. The Labute approximate surface area is 152 Å². The molecule has 0 amide bonds. The molecule has 0 unspecified atom stereocenters. The number of sulfonamides is 1. The van der Waals surface area contributed by atoms with E-state index in [0.29, 0.717) is 25.1 Å². The lowest BCUT2D eigenvalue weighted by atomic mass is 9.98. The average Bonchev–Trinajstić information content (AvgIpc) is 2.59. The maximum Gasteiger partial charge on any atom is 0.211 e. The Bertz CT molecular complexity index is 522. The molecular formula is C17H34N4O3S. The first-order valence-electron chi connectivity index (χ1n) is 9.54. The predicted octanol–water partition coefficient (Wildman–Crippen LogP) is 1.12. The van der Waals surface area contributed by atoms with Gasteiger partial charge in [-0.05, 0) is 45.4 Å². The van der Waals surface area contributed by atoms with E-state index in [9.17, 15) is 8.42 Å². The molecule has 0 radical (unpaired) electrons. The fraction of sp³-hybridized carbons (Fsp3) is 0.941. The molecule has 1 N–H and O–H groups in total. The Hall–Kier alpha value is -0.860. The highest BCUT2D eigenvalue weighted by Crippen LogP contribution is 2.20. The molecule has 0 saturated carbocycles. The van der Waals surface area contributed by atoms with Gasteiger partial charge in [0.2, 0.25) is 10.0 Å². The zero-order valence-corrected chi connectivity index (χ0v) is 16.7. The van der Waals surface area contributed by atoms with Crippen LogP contribution in [0.2, 0.25) is 0 Å². The van der Waals surface area contributed by atoms with E-state index < -0.39 is 10.0 Å². The van der Waals surface area contributed by atoms with Crippen LogP contribution in [0.15, 0.2) is 4.99 Å². The third kappa shape index (κ3) is 6.42. The number of nitrogens with zero attached hydrogens (tertiary/aromatic N) is 3. The summed E-state index contributed by atoms with van der Waals surface area (Å²) in [5, 5.41) is 3.40. The van der Waals surface area contributed by atoms with E-state index in [4.69, 9.17) is 9.73 Å². The van der Waals surface area contributed by atoms with Crippen LogP contribution >= 0.6 is 0 Å². The lowest BCUT2D eigenvalue weighted by Gasteiger charge is -2.34. The SMILES string of the molecule is CCNC(=NCC1CCN(S(C)(=O)=O)CC1)N1CCC(OCC)CC1. The topological polar surface area (TPSA) is 74.2 Å². The van der Waals surface area contributed by atoms with Crippen LogP contribution < -0.4 is 5.32 Å². The first kappa shape index (κ1) is 20.5. The van der Waals surface area contributed by atoms with Gasteiger partial charge in [0.25, 0.3) is 0 Å². The number of likely N-dealkylation sites (tertiary alicyclic amines) is 1. The molecule has 0 aliphatic carbocycles. The highest BCUT2D eigenvalue weighted by molar-refractivity contribution is 7.88. The van der Waals surface area contributed by atoms with Gasteiger partial charge in [0.1, 0.15) is 0 Å². The van der Waals surface area contributed by atoms with Crippen molar-refractivity contribution in [3.8, 4) is 0 Å². The van der Waals surface area contributed by atoms with Gasteiger partial charge in [-0.3, -0.25) is 4.99 Å². The number of hydrogen-bond acceptors (Lipinski definition) is 4. The summed E-state index contributed by atoms with van der Waals surface area (Å²) < 4.78 is 30.5. The van der Waals surface area contributed by atoms with Crippen LogP contribution in [0.25, 0.3) is 0 Å². The molecule has 2 aliphatic heterocycles. The van der Waals surface area contributed by atoms with Crippen LogP contribution in [0.1, 0.15) is 39.5 Å². The van der Waals surface area contributed by atoms with Crippen molar-refractivity contribution >= 4 is 16.0 Å². The molecule has 0 aromatic rings. The molecule has 8 heteroatoms. The Morgan fingerprint density at radius 2 is 1.76 bits per heavy atom. The van der Waals surface area contributed by atoms with E-state index in [-0.39, 0.29) is 0 Å². The number of nitrogens with one attached hydrogen (secondary N) is 1. The Morgan fingerprint density at radius 3 is 2.28 bits per heavy atom. The van der Waals surface area contributed by atoms with E-state index in [0.717, 1.165) is 64.4 Å². The number of hydrogen-bond donors (Lipinski definition) is 1. The quantitative estimate of drug-likeness (QED) is 0.557. The molecule has 146 valence electrons. The average molecular weight is 375 g/mol. The second kappa shape index (κ2) is 9.73. The molecule has 0 bridgehead atoms. The number of rotatable bonds is 6. The lowest BCUT2D eigenvalue weighted by molar-refractivity contribution is 0.0263. The normalized spacial score (nSPS) is 22.4. The van der Waals surface area contributed by atoms with Gasteiger partial charge in [-0.15, -0.1) is 0 Å². The zero-order valence-electron chi connectivity index (χ0n) is 15.9. The van der Waals surface area contributed by atoms with Crippen molar-refractivity contribution in [3.05, 3.63) is 0 Å². The summed E-state index contributed by atoms with van der Waals surface area (Å²) in [6, 6.07) is 0. The Kier molecular flexibility index (Phi) is 7.96. The van der Waals surface area contributed by atoms with Crippen molar-refractivity contribution in [2.45, 2.75) is 45.6 Å². The summed E-state index contributed by atoms with van der Waals surface area (Å²) in [5.41, 5.74) is 0. The first-order chi connectivity index (χ1) is 11.9. The van der Waals surface area contributed by atoms with E-state index in [1.165, 1.54) is 6.26 Å². The summed E-state index contributed by atoms with van der Waals surface area (Å²) >= 11 is 0. The Morgan fingerprint density at radius 1 is 1.12 bits per heavy atom. The second-order valence-electron chi connectivity index (χ2n) is 6.94. The third-order valence-corrected chi connectivity index (χ3v) is 6.32. The molecule has 2 heterocycles. The van der Waals surface area contributed by atoms with E-state index >= 15 is 0 Å². The molecule has 0 aromatic carbocycles. The Balaban J connectivity index is 1.84. The van der Waals surface area contributed by atoms with Gasteiger partial charge in [0.15, 0.2) is 5.96 Å². The summed E-state index contributed by atoms with van der Waals surface area (Å²) in [5.74, 6) is 1.45. The van der Waals surface area contributed by atoms with Gasteiger partial charge in [-0.2, -0.15) is 0 Å². The van der Waals surface area contributed by atoms with Gasteiger partial charge >= 0.3 is 0 Å². The van der Waals surface area contributed by atoms with Crippen LogP contribution in [0, 0.1) is 5.92 Å². The molecule has 0 spiro atoms. The van der Waals surface area contributed by atoms with Gasteiger partial charge < -0.3 is 15.0 Å². The van der Waals surface area contributed by atoms with Gasteiger partial charge in [-0.1, -0.05) is 0 Å². The maximum atomic E-state index is 11.6. The van der Waals surface area contributed by atoms with Gasteiger partial charge in [0.05, 0.1) is 12.4 Å². The monoisotopic (exact) mass is 374 g/mol. The minimum absolute atomic E-state index is 0.379. The molecule has 2 saturated heterocycles. The smallest absolute Gasteiger partial charge is 0.211 e. The highest BCUT2D eigenvalue weighted by atomic mass is 32.2. The lowest BCUT2D eigenvalue weighted by Crippen LogP contribution is -2.47. The van der Waals surface area contributed by atoms with Crippen LogP contribution in [0.3, 0.4) is 0 Å². The highest BCUT2D eigenvalue weighted by Gasteiger charge is 2.25. The van der Waals surface area contributed by atoms with Crippen molar-refractivity contribution in [3.63, 3.8) is 0 Å². The van der Waals surface area contributed by atoms with Crippen LogP contribution in [-0.4, -0.2) is 81.8 Å². The van der Waals surface area contributed by atoms with Crippen molar-refractivity contribution in [2.75, 3.05) is 52.1 Å². The molecular weight excluding hydrogens is 340 g/mol. The summed E-state index contributed by atoms with van der Waals surface area (Å²) in [6.45, 7) is 9.74. The summed E-state index contributed by atoms with van der Waals surface area (Å²) in [6.07, 6.45) is 5.55. The third-order valence-electron chi connectivity index (χ3n) is 5.02.